The van der Waals surface area contributed by atoms with Crippen molar-refractivity contribution in [3.63, 3.8) is 0 Å². The van der Waals surface area contributed by atoms with E-state index in [-0.39, 0.29) is 24.2 Å². The molecule has 0 saturated carbocycles. The van der Waals surface area contributed by atoms with Gasteiger partial charge in [0, 0.05) is 37.6 Å². The highest BCUT2D eigenvalue weighted by Gasteiger charge is 2.34. The minimum absolute atomic E-state index is 0.0195. The predicted octanol–water partition coefficient (Wildman–Crippen LogP) is 3.17. The van der Waals surface area contributed by atoms with Gasteiger partial charge >= 0.3 is 0 Å². The van der Waals surface area contributed by atoms with Crippen LogP contribution in [0.1, 0.15) is 17.5 Å². The lowest BCUT2D eigenvalue weighted by atomic mass is 10.1. The zero-order valence-electron chi connectivity index (χ0n) is 15.7. The number of anilines is 1. The van der Waals surface area contributed by atoms with E-state index in [0.717, 1.165) is 11.3 Å². The molecule has 2 heterocycles. The van der Waals surface area contributed by atoms with Crippen LogP contribution in [0.15, 0.2) is 67.0 Å². The first-order valence-electron chi connectivity index (χ1n) is 9.33. The van der Waals surface area contributed by atoms with Gasteiger partial charge in [0.2, 0.25) is 11.8 Å². The van der Waals surface area contributed by atoms with Crippen molar-refractivity contribution in [2.45, 2.75) is 19.9 Å². The lowest BCUT2D eigenvalue weighted by molar-refractivity contribution is -0.128. The third kappa shape index (κ3) is 3.96. The van der Waals surface area contributed by atoms with Crippen LogP contribution in [0.5, 0.6) is 0 Å². The van der Waals surface area contributed by atoms with E-state index in [1.807, 2.05) is 67.7 Å². The summed E-state index contributed by atoms with van der Waals surface area (Å²) in [7, 11) is 0. The number of hydrogen-bond donors (Lipinski definition) is 1. The zero-order valence-corrected chi connectivity index (χ0v) is 15.7. The molecule has 1 fully saturated rings. The first-order valence-corrected chi connectivity index (χ1v) is 9.33. The van der Waals surface area contributed by atoms with Gasteiger partial charge in [0.1, 0.15) is 0 Å². The second-order valence-electron chi connectivity index (χ2n) is 7.15. The fourth-order valence-electron chi connectivity index (χ4n) is 3.41. The molecule has 28 heavy (non-hydrogen) atoms. The molecule has 1 unspecified atom stereocenters. The number of likely N-dealkylation sites (tertiary alicyclic amines) is 1. The highest BCUT2D eigenvalue weighted by atomic mass is 16.2. The van der Waals surface area contributed by atoms with Crippen LogP contribution in [0.2, 0.25) is 0 Å². The Labute approximate surface area is 163 Å². The van der Waals surface area contributed by atoms with Gasteiger partial charge in [-0.1, -0.05) is 35.9 Å². The summed E-state index contributed by atoms with van der Waals surface area (Å²) in [6.45, 7) is 3.02. The van der Waals surface area contributed by atoms with Crippen molar-refractivity contribution in [2.24, 2.45) is 5.92 Å². The number of carbonyl (C=O) groups is 2. The first-order chi connectivity index (χ1) is 13.6. The highest BCUT2D eigenvalue weighted by molar-refractivity contribution is 5.97. The van der Waals surface area contributed by atoms with Crippen LogP contribution >= 0.6 is 0 Å². The Balaban J connectivity index is 1.40. The van der Waals surface area contributed by atoms with E-state index in [9.17, 15) is 9.59 Å². The molecule has 0 spiro atoms. The number of hydrogen-bond acceptors (Lipinski definition) is 3. The van der Waals surface area contributed by atoms with E-state index in [4.69, 9.17) is 0 Å². The van der Waals surface area contributed by atoms with E-state index in [1.54, 1.807) is 15.8 Å². The number of nitrogens with zero attached hydrogens (tertiary/aromatic N) is 3. The Kier molecular flexibility index (Phi) is 4.93. The molecule has 0 bridgehead atoms. The van der Waals surface area contributed by atoms with Crippen molar-refractivity contribution in [3.8, 4) is 5.69 Å². The predicted molar refractivity (Wildman–Crippen MR) is 107 cm³/mol. The Morgan fingerprint density at radius 3 is 2.75 bits per heavy atom. The summed E-state index contributed by atoms with van der Waals surface area (Å²) in [5.41, 5.74) is 3.83. The molecule has 1 aliphatic rings. The molecule has 3 aromatic rings. The summed E-state index contributed by atoms with van der Waals surface area (Å²) in [4.78, 5) is 26.8. The number of aryl methyl sites for hydroxylation is 1. The van der Waals surface area contributed by atoms with Crippen molar-refractivity contribution in [3.05, 3.63) is 78.1 Å². The standard InChI is InChI=1S/C22H22N4O2/c1-16-6-8-17(9-7-16)14-25-15-18(12-21(25)27)22(28)24-19-4-2-5-20(13-19)26-11-3-10-23-26/h2-11,13,18H,12,14-15H2,1H3,(H,24,28). The van der Waals surface area contributed by atoms with Crippen molar-refractivity contribution < 1.29 is 9.59 Å². The molecular weight excluding hydrogens is 352 g/mol. The number of benzene rings is 2. The van der Waals surface area contributed by atoms with Gasteiger partial charge in [0.05, 0.1) is 11.6 Å². The molecule has 6 heteroatoms. The zero-order chi connectivity index (χ0) is 19.5. The largest absolute Gasteiger partial charge is 0.338 e. The van der Waals surface area contributed by atoms with Gasteiger partial charge in [-0.25, -0.2) is 4.68 Å². The Bertz CT molecular complexity index is 980. The van der Waals surface area contributed by atoms with Gasteiger partial charge in [0.25, 0.3) is 0 Å². The van der Waals surface area contributed by atoms with Crippen LogP contribution in [0.3, 0.4) is 0 Å². The van der Waals surface area contributed by atoms with Crippen LogP contribution in [0.25, 0.3) is 5.69 Å². The van der Waals surface area contributed by atoms with Gasteiger partial charge in [-0.3, -0.25) is 9.59 Å². The van der Waals surface area contributed by atoms with E-state index < -0.39 is 0 Å². The second kappa shape index (κ2) is 7.68. The van der Waals surface area contributed by atoms with E-state index >= 15 is 0 Å². The first kappa shape index (κ1) is 18.0. The maximum Gasteiger partial charge on any atom is 0.229 e. The summed E-state index contributed by atoms with van der Waals surface area (Å²) in [6.07, 6.45) is 3.80. The monoisotopic (exact) mass is 374 g/mol. The molecule has 2 aromatic carbocycles. The van der Waals surface area contributed by atoms with Crippen molar-refractivity contribution in [1.29, 1.82) is 0 Å². The fourth-order valence-corrected chi connectivity index (χ4v) is 3.41. The highest BCUT2D eigenvalue weighted by Crippen LogP contribution is 2.23. The van der Waals surface area contributed by atoms with Gasteiger partial charge in [0.15, 0.2) is 0 Å². The Hall–Kier alpha value is -3.41. The van der Waals surface area contributed by atoms with E-state index in [0.29, 0.717) is 18.8 Å². The second-order valence-corrected chi connectivity index (χ2v) is 7.15. The Morgan fingerprint density at radius 1 is 1.18 bits per heavy atom. The molecule has 1 saturated heterocycles. The van der Waals surface area contributed by atoms with E-state index in [1.165, 1.54) is 5.56 Å². The number of nitrogens with one attached hydrogen (secondary N) is 1. The minimum atomic E-state index is -0.341. The molecule has 1 aliphatic heterocycles. The fraction of sp³-hybridized carbons (Fsp3) is 0.227. The van der Waals surface area contributed by atoms with Crippen molar-refractivity contribution >= 4 is 17.5 Å². The van der Waals surface area contributed by atoms with Gasteiger partial charge in [-0.05, 0) is 36.8 Å². The average molecular weight is 374 g/mol. The quantitative estimate of drug-likeness (QED) is 0.746. The van der Waals surface area contributed by atoms with Crippen LogP contribution in [0, 0.1) is 12.8 Å². The summed E-state index contributed by atoms with van der Waals surface area (Å²) in [6, 6.07) is 17.5. The summed E-state index contributed by atoms with van der Waals surface area (Å²) >= 11 is 0. The maximum absolute atomic E-state index is 12.7. The van der Waals surface area contributed by atoms with Crippen LogP contribution in [-0.4, -0.2) is 33.0 Å². The Morgan fingerprint density at radius 2 is 2.00 bits per heavy atom. The van der Waals surface area contributed by atoms with Gasteiger partial charge in [-0.15, -0.1) is 0 Å². The molecule has 1 aromatic heterocycles. The molecule has 1 N–H and O–H groups in total. The maximum atomic E-state index is 12.7. The lowest BCUT2D eigenvalue weighted by Crippen LogP contribution is -2.28. The smallest absolute Gasteiger partial charge is 0.229 e. The van der Waals surface area contributed by atoms with Crippen LogP contribution in [0.4, 0.5) is 5.69 Å². The van der Waals surface area contributed by atoms with Crippen LogP contribution in [-0.2, 0) is 16.1 Å². The third-order valence-corrected chi connectivity index (χ3v) is 4.96. The third-order valence-electron chi connectivity index (χ3n) is 4.96. The molecule has 2 amide bonds. The topological polar surface area (TPSA) is 67.2 Å². The molecule has 6 nitrogen and oxygen atoms in total. The number of carbonyl (C=O) groups excluding carboxylic acids is 2. The molecule has 4 rings (SSSR count). The molecule has 142 valence electrons. The molecular formula is C22H22N4O2. The van der Waals surface area contributed by atoms with Gasteiger partial charge in [-0.2, -0.15) is 5.10 Å². The minimum Gasteiger partial charge on any atom is -0.338 e. The average Bonchev–Trinajstić information content (AvgIpc) is 3.34. The molecule has 0 radical (unpaired) electrons. The SMILES string of the molecule is Cc1ccc(CN2CC(C(=O)Nc3cccc(-n4cccn4)c3)CC2=O)cc1. The summed E-state index contributed by atoms with van der Waals surface area (Å²) < 4.78 is 1.73. The van der Waals surface area contributed by atoms with Crippen LogP contribution < -0.4 is 5.32 Å². The number of aromatic nitrogens is 2. The normalized spacial score (nSPS) is 16.4. The summed E-state index contributed by atoms with van der Waals surface area (Å²) in [5, 5.41) is 7.14. The molecule has 1 atom stereocenters. The number of amides is 2. The van der Waals surface area contributed by atoms with Gasteiger partial charge < -0.3 is 10.2 Å². The van der Waals surface area contributed by atoms with Crippen molar-refractivity contribution in [1.82, 2.24) is 14.7 Å². The summed E-state index contributed by atoms with van der Waals surface area (Å²) in [5.74, 6) is -0.449. The molecule has 0 aliphatic carbocycles. The van der Waals surface area contributed by atoms with E-state index in [2.05, 4.69) is 10.4 Å². The lowest BCUT2D eigenvalue weighted by Gasteiger charge is -2.17. The van der Waals surface area contributed by atoms with Crippen molar-refractivity contribution in [2.75, 3.05) is 11.9 Å². The number of rotatable bonds is 5.